The molecule has 1 heterocycles. The van der Waals surface area contributed by atoms with Crippen LogP contribution in [0.3, 0.4) is 0 Å². The molecule has 0 aliphatic carbocycles. The number of nitrogens with two attached hydrogens (primary N) is 1. The Kier molecular flexibility index (Phi) is 5.83. The first-order valence-corrected chi connectivity index (χ1v) is 6.67. The summed E-state index contributed by atoms with van der Waals surface area (Å²) in [6, 6.07) is 8.41. The lowest BCUT2D eigenvalue weighted by molar-refractivity contribution is -0.130. The van der Waals surface area contributed by atoms with Gasteiger partial charge in [-0.15, -0.1) is 12.4 Å². The van der Waals surface area contributed by atoms with E-state index in [1.54, 1.807) is 0 Å². The molecule has 106 valence electrons. The molecule has 1 fully saturated rings. The molecular formula is C15H23ClN2O. The van der Waals surface area contributed by atoms with Crippen molar-refractivity contribution in [1.82, 2.24) is 4.90 Å². The van der Waals surface area contributed by atoms with Gasteiger partial charge < -0.3 is 10.6 Å². The van der Waals surface area contributed by atoms with Crippen LogP contribution in [-0.2, 0) is 4.79 Å². The Hall–Kier alpha value is -1.06. The van der Waals surface area contributed by atoms with Crippen LogP contribution in [-0.4, -0.2) is 29.9 Å². The Bertz CT molecular complexity index is 434. The molecule has 1 saturated heterocycles. The van der Waals surface area contributed by atoms with Crippen molar-refractivity contribution >= 4 is 18.3 Å². The number of aryl methyl sites for hydroxylation is 1. The van der Waals surface area contributed by atoms with Gasteiger partial charge in [-0.2, -0.15) is 0 Å². The fourth-order valence-electron chi connectivity index (χ4n) is 2.69. The van der Waals surface area contributed by atoms with E-state index in [-0.39, 0.29) is 24.4 Å². The normalized spacial score (nSPS) is 19.9. The molecule has 1 aromatic rings. The van der Waals surface area contributed by atoms with Gasteiger partial charge in [0.15, 0.2) is 0 Å². The number of nitrogens with zero attached hydrogens (tertiary/aromatic N) is 1. The maximum absolute atomic E-state index is 12.0. The predicted molar refractivity (Wildman–Crippen MR) is 80.6 cm³/mol. The van der Waals surface area contributed by atoms with Crippen molar-refractivity contribution in [2.45, 2.75) is 38.6 Å². The molecule has 19 heavy (non-hydrogen) atoms. The zero-order valence-corrected chi connectivity index (χ0v) is 12.5. The highest BCUT2D eigenvalue weighted by Crippen LogP contribution is 2.29. The van der Waals surface area contributed by atoms with Crippen molar-refractivity contribution in [3.05, 3.63) is 35.4 Å². The largest absolute Gasteiger partial charge is 0.342 e. The number of hydrogen-bond acceptors (Lipinski definition) is 2. The molecule has 0 bridgehead atoms. The van der Waals surface area contributed by atoms with Gasteiger partial charge >= 0.3 is 0 Å². The summed E-state index contributed by atoms with van der Waals surface area (Å²) in [5, 5.41) is 0. The third-order valence-corrected chi connectivity index (χ3v) is 3.67. The van der Waals surface area contributed by atoms with Gasteiger partial charge in [0.2, 0.25) is 5.91 Å². The summed E-state index contributed by atoms with van der Waals surface area (Å²) < 4.78 is 0. The Morgan fingerprint density at radius 1 is 1.47 bits per heavy atom. The monoisotopic (exact) mass is 282 g/mol. The van der Waals surface area contributed by atoms with Crippen molar-refractivity contribution in [3.8, 4) is 0 Å². The van der Waals surface area contributed by atoms with Gasteiger partial charge in [-0.1, -0.05) is 24.3 Å². The molecule has 2 rings (SSSR count). The number of amides is 1. The van der Waals surface area contributed by atoms with Crippen LogP contribution in [0.2, 0.25) is 0 Å². The average Bonchev–Trinajstić information content (AvgIpc) is 2.78. The first kappa shape index (κ1) is 16.0. The minimum Gasteiger partial charge on any atom is -0.342 e. The van der Waals surface area contributed by atoms with Crippen LogP contribution in [0, 0.1) is 6.92 Å². The van der Waals surface area contributed by atoms with E-state index >= 15 is 0 Å². The maximum atomic E-state index is 12.0. The third kappa shape index (κ3) is 3.95. The summed E-state index contributed by atoms with van der Waals surface area (Å²) in [6.07, 6.45) is 1.52. The number of benzene rings is 1. The van der Waals surface area contributed by atoms with Crippen molar-refractivity contribution in [2.24, 2.45) is 5.73 Å². The number of hydrogen-bond donors (Lipinski definition) is 1. The van der Waals surface area contributed by atoms with Gasteiger partial charge in [-0.25, -0.2) is 0 Å². The third-order valence-electron chi connectivity index (χ3n) is 3.67. The van der Waals surface area contributed by atoms with Crippen molar-refractivity contribution in [1.29, 1.82) is 0 Å². The Labute approximate surface area is 121 Å². The van der Waals surface area contributed by atoms with Crippen LogP contribution in [0.25, 0.3) is 0 Å². The smallest absolute Gasteiger partial charge is 0.224 e. The molecule has 0 saturated carbocycles. The fraction of sp³-hybridized carbons (Fsp3) is 0.533. The number of carbonyl (C=O) groups excluding carboxylic acids is 1. The molecule has 4 heteroatoms. The van der Waals surface area contributed by atoms with Crippen LogP contribution < -0.4 is 5.73 Å². The summed E-state index contributed by atoms with van der Waals surface area (Å²) in [5.74, 6) is 0.685. The highest BCUT2D eigenvalue weighted by Gasteiger charge is 2.27. The molecule has 3 nitrogen and oxygen atoms in total. The molecule has 0 spiro atoms. The molecule has 2 atom stereocenters. The van der Waals surface area contributed by atoms with E-state index in [0.29, 0.717) is 12.3 Å². The van der Waals surface area contributed by atoms with Gasteiger partial charge in [0.05, 0.1) is 0 Å². The first-order valence-electron chi connectivity index (χ1n) is 6.67. The number of rotatable bonds is 3. The van der Waals surface area contributed by atoms with Gasteiger partial charge in [0.25, 0.3) is 0 Å². The van der Waals surface area contributed by atoms with Crippen molar-refractivity contribution in [3.63, 3.8) is 0 Å². The first-order chi connectivity index (χ1) is 8.58. The topological polar surface area (TPSA) is 46.3 Å². The van der Waals surface area contributed by atoms with Crippen molar-refractivity contribution < 1.29 is 4.79 Å². The number of carbonyl (C=O) groups is 1. The quantitative estimate of drug-likeness (QED) is 0.926. The minimum atomic E-state index is -0.0463. The van der Waals surface area contributed by atoms with E-state index in [9.17, 15) is 4.79 Å². The Morgan fingerprint density at radius 2 is 2.16 bits per heavy atom. The maximum Gasteiger partial charge on any atom is 0.224 e. The lowest BCUT2D eigenvalue weighted by atomic mass is 9.94. The van der Waals surface area contributed by atoms with E-state index in [1.807, 2.05) is 11.8 Å². The molecule has 1 aliphatic heterocycles. The molecular weight excluding hydrogens is 260 g/mol. The molecule has 2 N–H and O–H groups in total. The molecule has 1 aliphatic rings. The standard InChI is InChI=1S/C15H22N2O.ClH/c1-11-5-3-4-6-14(11)13-7-8-17(10-13)15(18)9-12(2)16;/h3-6,12-13H,7-10,16H2,1-2H3;1H. The SMILES string of the molecule is Cc1ccccc1C1CCN(C(=O)CC(C)N)C1.Cl. The van der Waals surface area contributed by atoms with E-state index in [0.717, 1.165) is 19.5 Å². The predicted octanol–water partition coefficient (Wildman–Crippen LogP) is 2.47. The zero-order valence-electron chi connectivity index (χ0n) is 11.6. The second-order valence-corrected chi connectivity index (χ2v) is 5.36. The van der Waals surface area contributed by atoms with Gasteiger partial charge in [-0.3, -0.25) is 4.79 Å². The highest BCUT2D eigenvalue weighted by atomic mass is 35.5. The van der Waals surface area contributed by atoms with Crippen LogP contribution in [0.4, 0.5) is 0 Å². The van der Waals surface area contributed by atoms with Gasteiger partial charge in [0.1, 0.15) is 0 Å². The second kappa shape index (κ2) is 6.92. The van der Waals surface area contributed by atoms with Crippen LogP contribution in [0.5, 0.6) is 0 Å². The second-order valence-electron chi connectivity index (χ2n) is 5.36. The molecule has 1 amide bonds. The lowest BCUT2D eigenvalue weighted by Gasteiger charge is -2.18. The average molecular weight is 283 g/mol. The van der Waals surface area contributed by atoms with Crippen LogP contribution in [0.1, 0.15) is 36.8 Å². The van der Waals surface area contributed by atoms with Gasteiger partial charge in [0, 0.05) is 31.5 Å². The summed E-state index contributed by atoms with van der Waals surface area (Å²) in [7, 11) is 0. The minimum absolute atomic E-state index is 0. The van der Waals surface area contributed by atoms with E-state index < -0.39 is 0 Å². The molecule has 2 unspecified atom stereocenters. The number of halogens is 1. The summed E-state index contributed by atoms with van der Waals surface area (Å²) in [5.41, 5.74) is 8.39. The van der Waals surface area contributed by atoms with Crippen LogP contribution in [0.15, 0.2) is 24.3 Å². The van der Waals surface area contributed by atoms with Crippen molar-refractivity contribution in [2.75, 3.05) is 13.1 Å². The molecule has 1 aromatic carbocycles. The van der Waals surface area contributed by atoms with E-state index in [2.05, 4.69) is 31.2 Å². The fourth-order valence-corrected chi connectivity index (χ4v) is 2.69. The van der Waals surface area contributed by atoms with Gasteiger partial charge in [-0.05, 0) is 31.4 Å². The Balaban J connectivity index is 0.00000180. The summed E-state index contributed by atoms with van der Waals surface area (Å²) in [6.45, 7) is 5.73. The van der Waals surface area contributed by atoms with E-state index in [1.165, 1.54) is 11.1 Å². The Morgan fingerprint density at radius 3 is 2.79 bits per heavy atom. The molecule has 0 aromatic heterocycles. The van der Waals surface area contributed by atoms with Crippen LogP contribution >= 0.6 is 12.4 Å². The van der Waals surface area contributed by atoms with E-state index in [4.69, 9.17) is 5.73 Å². The molecule has 0 radical (unpaired) electrons. The highest BCUT2D eigenvalue weighted by molar-refractivity contribution is 5.85. The zero-order chi connectivity index (χ0) is 13.1. The number of likely N-dealkylation sites (tertiary alicyclic amines) is 1. The summed E-state index contributed by atoms with van der Waals surface area (Å²) in [4.78, 5) is 13.9. The summed E-state index contributed by atoms with van der Waals surface area (Å²) >= 11 is 0. The lowest BCUT2D eigenvalue weighted by Crippen LogP contribution is -2.33.